The molecule has 0 aliphatic rings. The second kappa shape index (κ2) is 3.34. The molecule has 0 atom stereocenters. The van der Waals surface area contributed by atoms with E-state index in [2.05, 4.69) is 10.2 Å². The number of rotatable bonds is 1. The molecule has 0 saturated heterocycles. The van der Waals surface area contributed by atoms with Gasteiger partial charge >= 0.3 is 0 Å². The lowest BCUT2D eigenvalue weighted by molar-refractivity contribution is 0.113. The third-order valence-corrected chi connectivity index (χ3v) is 2.49. The molecule has 1 aromatic heterocycles. The van der Waals surface area contributed by atoms with E-state index in [1.165, 1.54) is 0 Å². The van der Waals surface area contributed by atoms with E-state index in [-0.39, 0.29) is 0 Å². The standard InChI is InChI=1S/C12H9N3O/c16-15-13-11-8-4-7-10(12(11)14-15)9-5-2-1-3-6-9/h1-8,16H. The van der Waals surface area contributed by atoms with Crippen molar-refractivity contribution in [1.82, 2.24) is 15.2 Å². The van der Waals surface area contributed by atoms with Gasteiger partial charge in [0, 0.05) is 5.56 Å². The molecule has 0 amide bonds. The van der Waals surface area contributed by atoms with Gasteiger partial charge in [-0.05, 0) is 16.6 Å². The zero-order chi connectivity index (χ0) is 11.0. The minimum atomic E-state index is 0.608. The van der Waals surface area contributed by atoms with Crippen LogP contribution in [-0.2, 0) is 0 Å². The quantitative estimate of drug-likeness (QED) is 0.628. The van der Waals surface area contributed by atoms with Gasteiger partial charge in [0.05, 0.1) is 0 Å². The highest BCUT2D eigenvalue weighted by molar-refractivity contribution is 5.91. The average molecular weight is 211 g/mol. The molecule has 0 saturated carbocycles. The summed E-state index contributed by atoms with van der Waals surface area (Å²) in [7, 11) is 0. The van der Waals surface area contributed by atoms with E-state index in [4.69, 9.17) is 0 Å². The average Bonchev–Trinajstić information content (AvgIpc) is 2.70. The highest BCUT2D eigenvalue weighted by atomic mass is 16.5. The fourth-order valence-corrected chi connectivity index (χ4v) is 1.78. The number of fused-ring (bicyclic) bond motifs is 1. The summed E-state index contributed by atoms with van der Waals surface area (Å²) in [4.78, 5) is 0.608. The number of hydrogen-bond acceptors (Lipinski definition) is 3. The minimum absolute atomic E-state index is 0.608. The lowest BCUT2D eigenvalue weighted by Crippen LogP contribution is -1.93. The van der Waals surface area contributed by atoms with Crippen LogP contribution in [0.4, 0.5) is 0 Å². The van der Waals surface area contributed by atoms with Gasteiger partial charge in [-0.1, -0.05) is 42.5 Å². The van der Waals surface area contributed by atoms with Crippen LogP contribution < -0.4 is 0 Å². The van der Waals surface area contributed by atoms with Crippen LogP contribution in [0.15, 0.2) is 48.5 Å². The predicted octanol–water partition coefficient (Wildman–Crippen LogP) is 2.34. The van der Waals surface area contributed by atoms with E-state index in [9.17, 15) is 5.21 Å². The SMILES string of the molecule is On1nc2cccc(-c3ccccc3)c2n1. The molecule has 2 aromatic carbocycles. The maximum Gasteiger partial charge on any atom is 0.124 e. The van der Waals surface area contributed by atoms with Gasteiger partial charge in [0.1, 0.15) is 11.0 Å². The van der Waals surface area contributed by atoms with E-state index >= 15 is 0 Å². The van der Waals surface area contributed by atoms with E-state index in [1.54, 1.807) is 0 Å². The minimum Gasteiger partial charge on any atom is -0.396 e. The highest BCUT2D eigenvalue weighted by Crippen LogP contribution is 2.25. The Hall–Kier alpha value is -2.36. The summed E-state index contributed by atoms with van der Waals surface area (Å²) >= 11 is 0. The molecule has 0 unspecified atom stereocenters. The summed E-state index contributed by atoms with van der Waals surface area (Å²) in [6.45, 7) is 0. The van der Waals surface area contributed by atoms with Crippen LogP contribution in [0.2, 0.25) is 0 Å². The van der Waals surface area contributed by atoms with Crippen molar-refractivity contribution in [2.75, 3.05) is 0 Å². The van der Waals surface area contributed by atoms with E-state index in [0.717, 1.165) is 11.1 Å². The molecule has 78 valence electrons. The Balaban J connectivity index is 2.31. The van der Waals surface area contributed by atoms with Crippen molar-refractivity contribution in [3.05, 3.63) is 48.5 Å². The first-order valence-electron chi connectivity index (χ1n) is 4.95. The van der Waals surface area contributed by atoms with Gasteiger partial charge in [-0.25, -0.2) is 0 Å². The summed E-state index contributed by atoms with van der Waals surface area (Å²) in [5.74, 6) is 0. The van der Waals surface area contributed by atoms with Gasteiger partial charge in [0.15, 0.2) is 0 Å². The molecular weight excluding hydrogens is 202 g/mol. The van der Waals surface area contributed by atoms with Crippen LogP contribution in [-0.4, -0.2) is 20.4 Å². The molecule has 0 spiro atoms. The normalized spacial score (nSPS) is 10.8. The van der Waals surface area contributed by atoms with E-state index < -0.39 is 0 Å². The summed E-state index contributed by atoms with van der Waals surface area (Å²) in [5, 5.41) is 17.0. The van der Waals surface area contributed by atoms with Crippen molar-refractivity contribution in [2.24, 2.45) is 0 Å². The maximum atomic E-state index is 9.22. The van der Waals surface area contributed by atoms with Crippen molar-refractivity contribution in [1.29, 1.82) is 0 Å². The predicted molar refractivity (Wildman–Crippen MR) is 60.1 cm³/mol. The highest BCUT2D eigenvalue weighted by Gasteiger charge is 2.07. The third kappa shape index (κ3) is 1.32. The fraction of sp³-hybridized carbons (Fsp3) is 0. The smallest absolute Gasteiger partial charge is 0.124 e. The Morgan fingerprint density at radius 1 is 0.875 bits per heavy atom. The van der Waals surface area contributed by atoms with Crippen molar-refractivity contribution in [3.63, 3.8) is 0 Å². The molecule has 0 bridgehead atoms. The second-order valence-corrected chi connectivity index (χ2v) is 3.51. The Bertz CT molecular complexity index is 631. The fourth-order valence-electron chi connectivity index (χ4n) is 1.78. The molecule has 0 aliphatic carbocycles. The molecule has 4 nitrogen and oxygen atoms in total. The van der Waals surface area contributed by atoms with Crippen molar-refractivity contribution < 1.29 is 5.21 Å². The van der Waals surface area contributed by atoms with Crippen molar-refractivity contribution in [2.45, 2.75) is 0 Å². The first-order valence-corrected chi connectivity index (χ1v) is 4.95. The lowest BCUT2D eigenvalue weighted by atomic mass is 10.0. The second-order valence-electron chi connectivity index (χ2n) is 3.51. The molecule has 1 N–H and O–H groups in total. The topological polar surface area (TPSA) is 50.9 Å². The van der Waals surface area contributed by atoms with Crippen molar-refractivity contribution in [3.8, 4) is 11.1 Å². The molecule has 3 rings (SSSR count). The summed E-state index contributed by atoms with van der Waals surface area (Å²) in [5.41, 5.74) is 3.42. The Kier molecular flexibility index (Phi) is 1.86. The van der Waals surface area contributed by atoms with Gasteiger partial charge in [-0.2, -0.15) is 0 Å². The van der Waals surface area contributed by atoms with Crippen molar-refractivity contribution >= 4 is 11.0 Å². The summed E-state index contributed by atoms with van der Waals surface area (Å²) < 4.78 is 0. The maximum absolute atomic E-state index is 9.22. The first-order chi connectivity index (χ1) is 7.84. The van der Waals surface area contributed by atoms with Gasteiger partial charge in [-0.3, -0.25) is 0 Å². The van der Waals surface area contributed by atoms with Gasteiger partial charge in [0.25, 0.3) is 0 Å². The number of benzene rings is 2. The van der Waals surface area contributed by atoms with Crippen LogP contribution >= 0.6 is 0 Å². The Morgan fingerprint density at radius 3 is 2.50 bits per heavy atom. The molecule has 4 heteroatoms. The molecule has 0 aliphatic heterocycles. The lowest BCUT2D eigenvalue weighted by Gasteiger charge is -2.00. The van der Waals surface area contributed by atoms with Gasteiger partial charge in [-0.15, -0.1) is 10.2 Å². The van der Waals surface area contributed by atoms with Crippen LogP contribution in [0.1, 0.15) is 0 Å². The van der Waals surface area contributed by atoms with Crippen LogP contribution in [0.5, 0.6) is 0 Å². The number of aromatic nitrogens is 3. The van der Waals surface area contributed by atoms with E-state index in [0.29, 0.717) is 16.0 Å². The summed E-state index contributed by atoms with van der Waals surface area (Å²) in [6.07, 6.45) is 0. The zero-order valence-corrected chi connectivity index (χ0v) is 8.41. The van der Waals surface area contributed by atoms with Gasteiger partial charge < -0.3 is 5.21 Å². The summed E-state index contributed by atoms with van der Waals surface area (Å²) in [6, 6.07) is 15.6. The first kappa shape index (κ1) is 8.91. The van der Waals surface area contributed by atoms with E-state index in [1.807, 2.05) is 48.5 Å². The monoisotopic (exact) mass is 211 g/mol. The number of hydrogen-bond donors (Lipinski definition) is 1. The molecule has 0 radical (unpaired) electrons. The number of nitrogens with zero attached hydrogens (tertiary/aromatic N) is 3. The van der Waals surface area contributed by atoms with Gasteiger partial charge in [0.2, 0.25) is 0 Å². The largest absolute Gasteiger partial charge is 0.396 e. The van der Waals surface area contributed by atoms with Crippen LogP contribution in [0.25, 0.3) is 22.2 Å². The molecule has 0 fully saturated rings. The van der Waals surface area contributed by atoms with Crippen LogP contribution in [0, 0.1) is 0 Å². The molecule has 1 heterocycles. The Labute approximate surface area is 91.7 Å². The zero-order valence-electron chi connectivity index (χ0n) is 8.41. The Morgan fingerprint density at radius 2 is 1.69 bits per heavy atom. The van der Waals surface area contributed by atoms with Crippen LogP contribution in [0.3, 0.4) is 0 Å². The molecule has 3 aromatic rings. The molecular formula is C12H9N3O. The molecule has 16 heavy (non-hydrogen) atoms. The third-order valence-electron chi connectivity index (χ3n) is 2.49.